The molecule has 0 aromatic carbocycles. The molecule has 140 valence electrons. The number of amides is 1. The van der Waals surface area contributed by atoms with E-state index in [-0.39, 0.29) is 5.91 Å². The van der Waals surface area contributed by atoms with Crippen molar-refractivity contribution in [2.24, 2.45) is 0 Å². The molecule has 3 aromatic rings. The number of carbonyl (C=O) groups is 1. The van der Waals surface area contributed by atoms with E-state index < -0.39 is 0 Å². The molecule has 1 aliphatic rings. The molecule has 1 aliphatic heterocycles. The highest BCUT2D eigenvalue weighted by Crippen LogP contribution is 2.29. The van der Waals surface area contributed by atoms with Gasteiger partial charge in [-0.1, -0.05) is 0 Å². The molecule has 8 heteroatoms. The number of aryl methyl sites for hydroxylation is 1. The van der Waals surface area contributed by atoms with Crippen molar-refractivity contribution in [1.82, 2.24) is 29.5 Å². The Morgan fingerprint density at radius 1 is 1.26 bits per heavy atom. The van der Waals surface area contributed by atoms with Crippen LogP contribution in [0.1, 0.15) is 40.5 Å². The molecule has 3 aromatic heterocycles. The number of nitrogens with zero attached hydrogens (tertiary/aromatic N) is 7. The van der Waals surface area contributed by atoms with Gasteiger partial charge in [0, 0.05) is 51.1 Å². The van der Waals surface area contributed by atoms with Gasteiger partial charge in [-0.25, -0.2) is 19.5 Å². The first-order chi connectivity index (χ1) is 13.0. The quantitative estimate of drug-likeness (QED) is 0.705. The molecule has 0 bridgehead atoms. The third-order valence-electron chi connectivity index (χ3n) is 5.02. The van der Waals surface area contributed by atoms with E-state index in [0.717, 1.165) is 43.1 Å². The molecule has 0 radical (unpaired) electrons. The number of hydrogen-bond donors (Lipinski definition) is 0. The zero-order valence-electron chi connectivity index (χ0n) is 15.8. The lowest BCUT2D eigenvalue weighted by Gasteiger charge is -2.33. The summed E-state index contributed by atoms with van der Waals surface area (Å²) in [6.45, 7) is 3.81. The molecular weight excluding hydrogens is 342 g/mol. The van der Waals surface area contributed by atoms with Crippen molar-refractivity contribution >= 4 is 17.4 Å². The summed E-state index contributed by atoms with van der Waals surface area (Å²) in [5.41, 5.74) is 3.18. The maximum atomic E-state index is 12.4. The molecule has 0 N–H and O–H groups in total. The first kappa shape index (κ1) is 17.4. The molecule has 1 unspecified atom stereocenters. The average molecular weight is 365 g/mol. The SMILES string of the molecule is Cc1cc(N2CCCC(c3ccnc4c(C(=O)N(C)C)cnn34)C2)ncn1. The third-order valence-corrected chi connectivity index (χ3v) is 5.02. The van der Waals surface area contributed by atoms with E-state index in [1.807, 2.05) is 23.6 Å². The predicted molar refractivity (Wildman–Crippen MR) is 102 cm³/mol. The van der Waals surface area contributed by atoms with Crippen LogP contribution in [0.2, 0.25) is 0 Å². The van der Waals surface area contributed by atoms with E-state index in [4.69, 9.17) is 0 Å². The Kier molecular flexibility index (Phi) is 4.47. The summed E-state index contributed by atoms with van der Waals surface area (Å²) in [6.07, 6.45) is 7.14. The minimum absolute atomic E-state index is 0.0867. The summed E-state index contributed by atoms with van der Waals surface area (Å²) < 4.78 is 1.82. The highest BCUT2D eigenvalue weighted by Gasteiger charge is 2.26. The van der Waals surface area contributed by atoms with Crippen molar-refractivity contribution in [2.45, 2.75) is 25.7 Å². The normalized spacial score (nSPS) is 17.3. The Balaban J connectivity index is 1.67. The van der Waals surface area contributed by atoms with Crippen molar-refractivity contribution in [3.63, 3.8) is 0 Å². The van der Waals surface area contributed by atoms with Crippen molar-refractivity contribution in [1.29, 1.82) is 0 Å². The van der Waals surface area contributed by atoms with Gasteiger partial charge in [-0.05, 0) is 25.8 Å². The maximum absolute atomic E-state index is 12.4. The second-order valence-corrected chi connectivity index (χ2v) is 7.17. The van der Waals surface area contributed by atoms with E-state index in [1.54, 1.807) is 37.7 Å². The fourth-order valence-electron chi connectivity index (χ4n) is 3.65. The Labute approximate surface area is 157 Å². The van der Waals surface area contributed by atoms with Crippen LogP contribution in [0, 0.1) is 6.92 Å². The second kappa shape index (κ2) is 6.94. The molecule has 1 fully saturated rings. The zero-order chi connectivity index (χ0) is 19.0. The van der Waals surface area contributed by atoms with Crippen LogP contribution in [-0.4, -0.2) is 62.6 Å². The van der Waals surface area contributed by atoms with Gasteiger partial charge in [0.25, 0.3) is 5.91 Å². The molecule has 0 aliphatic carbocycles. The Morgan fingerprint density at radius 3 is 2.89 bits per heavy atom. The van der Waals surface area contributed by atoms with Gasteiger partial charge in [-0.15, -0.1) is 0 Å². The molecule has 4 heterocycles. The van der Waals surface area contributed by atoms with Gasteiger partial charge >= 0.3 is 0 Å². The molecule has 1 atom stereocenters. The largest absolute Gasteiger partial charge is 0.356 e. The molecule has 1 amide bonds. The summed E-state index contributed by atoms with van der Waals surface area (Å²) in [4.78, 5) is 29.3. The minimum Gasteiger partial charge on any atom is -0.356 e. The highest BCUT2D eigenvalue weighted by atomic mass is 16.2. The van der Waals surface area contributed by atoms with Crippen molar-refractivity contribution in [3.05, 3.63) is 47.8 Å². The fraction of sp³-hybridized carbons (Fsp3) is 0.421. The molecular formula is C19H23N7O. The topological polar surface area (TPSA) is 79.5 Å². The van der Waals surface area contributed by atoms with E-state index in [9.17, 15) is 4.79 Å². The highest BCUT2D eigenvalue weighted by molar-refractivity contribution is 5.99. The number of carbonyl (C=O) groups excluding carboxylic acids is 1. The molecule has 1 saturated heterocycles. The van der Waals surface area contributed by atoms with E-state index >= 15 is 0 Å². The minimum atomic E-state index is -0.0867. The summed E-state index contributed by atoms with van der Waals surface area (Å²) >= 11 is 0. The summed E-state index contributed by atoms with van der Waals surface area (Å²) in [7, 11) is 3.47. The maximum Gasteiger partial charge on any atom is 0.258 e. The van der Waals surface area contributed by atoms with Crippen molar-refractivity contribution in [3.8, 4) is 0 Å². The van der Waals surface area contributed by atoms with Crippen LogP contribution in [0.15, 0.2) is 30.9 Å². The lowest BCUT2D eigenvalue weighted by atomic mass is 9.94. The van der Waals surface area contributed by atoms with E-state index in [2.05, 4.69) is 25.0 Å². The Bertz CT molecular complexity index is 981. The van der Waals surface area contributed by atoms with Crippen molar-refractivity contribution < 1.29 is 4.79 Å². The summed E-state index contributed by atoms with van der Waals surface area (Å²) in [5.74, 6) is 1.17. The van der Waals surface area contributed by atoms with Crippen LogP contribution < -0.4 is 4.90 Å². The number of rotatable bonds is 3. The average Bonchev–Trinajstić information content (AvgIpc) is 3.11. The summed E-state index contributed by atoms with van der Waals surface area (Å²) in [6, 6.07) is 4.02. The van der Waals surface area contributed by atoms with Gasteiger partial charge in [-0.3, -0.25) is 4.79 Å². The number of hydrogen-bond acceptors (Lipinski definition) is 6. The van der Waals surface area contributed by atoms with Gasteiger partial charge in [0.15, 0.2) is 5.65 Å². The molecule has 0 saturated carbocycles. The zero-order valence-corrected chi connectivity index (χ0v) is 15.8. The lowest BCUT2D eigenvalue weighted by Crippen LogP contribution is -2.35. The third kappa shape index (κ3) is 3.22. The first-order valence-corrected chi connectivity index (χ1v) is 9.12. The van der Waals surface area contributed by atoms with Crippen LogP contribution in [-0.2, 0) is 0 Å². The molecule has 8 nitrogen and oxygen atoms in total. The first-order valence-electron chi connectivity index (χ1n) is 9.12. The summed E-state index contributed by atoms with van der Waals surface area (Å²) in [5, 5.41) is 4.47. The van der Waals surface area contributed by atoms with Gasteiger partial charge in [-0.2, -0.15) is 5.10 Å². The van der Waals surface area contributed by atoms with E-state index in [0.29, 0.717) is 17.1 Å². The van der Waals surface area contributed by atoms with Gasteiger partial charge < -0.3 is 9.80 Å². The second-order valence-electron chi connectivity index (χ2n) is 7.17. The lowest BCUT2D eigenvalue weighted by molar-refractivity contribution is 0.0829. The molecule has 0 spiro atoms. The van der Waals surface area contributed by atoms with Crippen molar-refractivity contribution in [2.75, 3.05) is 32.1 Å². The smallest absolute Gasteiger partial charge is 0.258 e. The number of anilines is 1. The fourth-order valence-corrected chi connectivity index (χ4v) is 3.65. The monoisotopic (exact) mass is 365 g/mol. The Morgan fingerprint density at radius 2 is 2.11 bits per heavy atom. The number of aromatic nitrogens is 5. The van der Waals surface area contributed by atoms with Crippen LogP contribution in [0.25, 0.3) is 5.65 Å². The molecule has 4 rings (SSSR count). The van der Waals surface area contributed by atoms with Gasteiger partial charge in [0.05, 0.1) is 11.9 Å². The van der Waals surface area contributed by atoms with Crippen LogP contribution in [0.3, 0.4) is 0 Å². The Hall–Kier alpha value is -3.03. The standard InChI is InChI=1S/C19H23N7O/c1-13-9-17(22-12-21-13)25-8-4-5-14(11-25)16-6-7-20-18-15(10-23-26(16)18)19(27)24(2)3/h6-7,9-10,12,14H,4-5,8,11H2,1-3H3. The van der Waals surface area contributed by atoms with Crippen LogP contribution >= 0.6 is 0 Å². The van der Waals surface area contributed by atoms with Crippen LogP contribution in [0.4, 0.5) is 5.82 Å². The molecule has 27 heavy (non-hydrogen) atoms. The number of fused-ring (bicyclic) bond motifs is 1. The number of piperidine rings is 1. The van der Waals surface area contributed by atoms with E-state index in [1.165, 1.54) is 0 Å². The van der Waals surface area contributed by atoms with Gasteiger partial charge in [0.2, 0.25) is 0 Å². The van der Waals surface area contributed by atoms with Gasteiger partial charge in [0.1, 0.15) is 17.7 Å². The van der Waals surface area contributed by atoms with Crippen LogP contribution in [0.5, 0.6) is 0 Å². The predicted octanol–water partition coefficient (Wildman–Crippen LogP) is 1.91.